The molecule has 5 rings (SSSR count). The minimum Gasteiger partial charge on any atom is -0.206 e. The zero-order valence-electron chi connectivity index (χ0n) is 11.4. The van der Waals surface area contributed by atoms with Crippen LogP contribution in [0.4, 0.5) is 4.39 Å². The molecule has 4 fully saturated rings. The zero-order chi connectivity index (χ0) is 13.9. The Labute approximate surface area is 136 Å². The van der Waals surface area contributed by atoms with Crippen LogP contribution in [0.25, 0.3) is 0 Å². The molecule has 1 atom stereocenters. The maximum absolute atomic E-state index is 13.5. The standard InChI is InChI=1S/C17H19Br2F/c18-14-6-13(1-2-15(14)20)16(19)17-7-10-3-11(8-17)5-12(4-10)9-17/h1-2,6,10-12,16H,3-5,7-9H2. The predicted molar refractivity (Wildman–Crippen MR) is 86.4 cm³/mol. The number of halogens is 3. The van der Waals surface area contributed by atoms with Crippen LogP contribution in [0, 0.1) is 29.0 Å². The van der Waals surface area contributed by atoms with Crippen LogP contribution < -0.4 is 0 Å². The van der Waals surface area contributed by atoms with Crippen LogP contribution in [0.5, 0.6) is 0 Å². The van der Waals surface area contributed by atoms with E-state index in [-0.39, 0.29) is 5.82 Å². The monoisotopic (exact) mass is 400 g/mol. The van der Waals surface area contributed by atoms with E-state index in [4.69, 9.17) is 0 Å². The van der Waals surface area contributed by atoms with Gasteiger partial charge in [-0.3, -0.25) is 0 Å². The zero-order valence-corrected chi connectivity index (χ0v) is 14.6. The van der Waals surface area contributed by atoms with Gasteiger partial charge in [-0.2, -0.15) is 0 Å². The SMILES string of the molecule is Fc1ccc(C(Br)C23CC4CC(CC(C4)C2)C3)cc1Br. The average molecular weight is 402 g/mol. The molecule has 0 heterocycles. The Morgan fingerprint density at radius 2 is 1.60 bits per heavy atom. The molecule has 0 radical (unpaired) electrons. The Kier molecular flexibility index (Phi) is 3.30. The molecule has 1 aromatic rings. The van der Waals surface area contributed by atoms with Crippen molar-refractivity contribution in [3.63, 3.8) is 0 Å². The van der Waals surface area contributed by atoms with Crippen LogP contribution in [0.2, 0.25) is 0 Å². The summed E-state index contributed by atoms with van der Waals surface area (Å²) >= 11 is 7.32. The van der Waals surface area contributed by atoms with Gasteiger partial charge in [0.15, 0.2) is 0 Å². The van der Waals surface area contributed by atoms with Gasteiger partial charge in [-0.25, -0.2) is 4.39 Å². The second kappa shape index (κ2) is 4.81. The summed E-state index contributed by atoms with van der Waals surface area (Å²) in [4.78, 5) is 0.375. The molecule has 4 bridgehead atoms. The number of hydrogen-bond donors (Lipinski definition) is 0. The molecule has 0 spiro atoms. The van der Waals surface area contributed by atoms with Crippen molar-refractivity contribution in [2.24, 2.45) is 23.2 Å². The van der Waals surface area contributed by atoms with Crippen molar-refractivity contribution in [1.29, 1.82) is 0 Å². The Morgan fingerprint density at radius 1 is 1.05 bits per heavy atom. The summed E-state index contributed by atoms with van der Waals surface area (Å²) in [6.07, 6.45) is 8.49. The summed E-state index contributed by atoms with van der Waals surface area (Å²) in [7, 11) is 0. The molecule has 0 aliphatic heterocycles. The maximum atomic E-state index is 13.5. The normalized spacial score (nSPS) is 40.0. The van der Waals surface area contributed by atoms with Gasteiger partial charge < -0.3 is 0 Å². The largest absolute Gasteiger partial charge is 0.206 e. The third kappa shape index (κ3) is 2.11. The van der Waals surface area contributed by atoms with E-state index < -0.39 is 0 Å². The van der Waals surface area contributed by atoms with E-state index in [0.717, 1.165) is 17.8 Å². The van der Waals surface area contributed by atoms with Crippen molar-refractivity contribution in [3.05, 3.63) is 34.1 Å². The fourth-order valence-corrected chi connectivity index (χ4v) is 6.75. The third-order valence-electron chi connectivity index (χ3n) is 5.86. The summed E-state index contributed by atoms with van der Waals surface area (Å²) in [6.45, 7) is 0. The smallest absolute Gasteiger partial charge is 0.137 e. The van der Waals surface area contributed by atoms with Crippen molar-refractivity contribution in [2.45, 2.75) is 43.4 Å². The fourth-order valence-electron chi connectivity index (χ4n) is 5.51. The number of benzene rings is 1. The molecule has 0 N–H and O–H groups in total. The molecular formula is C17H19Br2F. The molecule has 0 amide bonds. The summed E-state index contributed by atoms with van der Waals surface area (Å²) < 4.78 is 14.0. The summed E-state index contributed by atoms with van der Waals surface area (Å²) in [5.74, 6) is 2.68. The lowest BCUT2D eigenvalue weighted by atomic mass is 9.48. The van der Waals surface area contributed by atoms with Crippen LogP contribution in [0.1, 0.15) is 48.9 Å². The van der Waals surface area contributed by atoms with Gasteiger partial charge in [0, 0.05) is 4.83 Å². The molecule has 3 heteroatoms. The molecular weight excluding hydrogens is 383 g/mol. The minimum absolute atomic E-state index is 0.168. The summed E-state index contributed by atoms with van der Waals surface area (Å²) in [5.41, 5.74) is 1.66. The molecule has 1 unspecified atom stereocenters. The summed E-state index contributed by atoms with van der Waals surface area (Å²) in [5, 5.41) is 0. The molecule has 4 saturated carbocycles. The van der Waals surface area contributed by atoms with Crippen molar-refractivity contribution in [2.75, 3.05) is 0 Å². The highest BCUT2D eigenvalue weighted by Crippen LogP contribution is 2.65. The van der Waals surface area contributed by atoms with Gasteiger partial charge in [-0.15, -0.1) is 0 Å². The highest BCUT2D eigenvalue weighted by Gasteiger charge is 2.53. The minimum atomic E-state index is -0.168. The van der Waals surface area contributed by atoms with Crippen LogP contribution in [-0.2, 0) is 0 Å². The van der Waals surface area contributed by atoms with Crippen molar-refractivity contribution in [1.82, 2.24) is 0 Å². The van der Waals surface area contributed by atoms with Gasteiger partial charge in [0.1, 0.15) is 5.82 Å². The van der Waals surface area contributed by atoms with Crippen molar-refractivity contribution < 1.29 is 4.39 Å². The second-order valence-corrected chi connectivity index (χ2v) is 9.09. The number of alkyl halides is 1. The molecule has 0 saturated heterocycles. The lowest BCUT2D eigenvalue weighted by Gasteiger charge is -2.58. The van der Waals surface area contributed by atoms with Gasteiger partial charge >= 0.3 is 0 Å². The predicted octanol–water partition coefficient (Wildman–Crippen LogP) is 6.24. The first-order chi connectivity index (χ1) is 9.56. The first kappa shape index (κ1) is 13.8. The van der Waals surface area contributed by atoms with E-state index in [1.54, 1.807) is 6.07 Å². The topological polar surface area (TPSA) is 0 Å². The van der Waals surface area contributed by atoms with E-state index in [1.807, 2.05) is 12.1 Å². The Balaban J connectivity index is 1.67. The Bertz CT molecular complexity index is 505. The first-order valence-corrected chi connectivity index (χ1v) is 9.36. The van der Waals surface area contributed by atoms with Crippen LogP contribution >= 0.6 is 31.9 Å². The Hall–Kier alpha value is 0.110. The number of rotatable bonds is 2. The van der Waals surface area contributed by atoms with Crippen molar-refractivity contribution in [3.8, 4) is 0 Å². The van der Waals surface area contributed by atoms with Gasteiger partial charge in [-0.05, 0) is 95.3 Å². The van der Waals surface area contributed by atoms with E-state index >= 15 is 0 Å². The highest BCUT2D eigenvalue weighted by atomic mass is 79.9. The van der Waals surface area contributed by atoms with Gasteiger partial charge in [-0.1, -0.05) is 22.0 Å². The van der Waals surface area contributed by atoms with Gasteiger partial charge in [0.2, 0.25) is 0 Å². The second-order valence-electron chi connectivity index (χ2n) is 7.32. The molecule has 4 aliphatic rings. The van der Waals surface area contributed by atoms with E-state index in [0.29, 0.717) is 14.7 Å². The fraction of sp³-hybridized carbons (Fsp3) is 0.647. The van der Waals surface area contributed by atoms with Crippen LogP contribution in [0.3, 0.4) is 0 Å². The quantitative estimate of drug-likeness (QED) is 0.514. The first-order valence-electron chi connectivity index (χ1n) is 7.65. The van der Waals surface area contributed by atoms with Crippen LogP contribution in [-0.4, -0.2) is 0 Å². The van der Waals surface area contributed by atoms with Crippen LogP contribution in [0.15, 0.2) is 22.7 Å². The maximum Gasteiger partial charge on any atom is 0.137 e. The molecule has 1 aromatic carbocycles. The molecule has 108 valence electrons. The van der Waals surface area contributed by atoms with E-state index in [2.05, 4.69) is 31.9 Å². The molecule has 4 aliphatic carbocycles. The number of hydrogen-bond acceptors (Lipinski definition) is 0. The highest BCUT2D eigenvalue weighted by molar-refractivity contribution is 9.10. The van der Waals surface area contributed by atoms with Gasteiger partial charge in [0.25, 0.3) is 0 Å². The van der Waals surface area contributed by atoms with Gasteiger partial charge in [0.05, 0.1) is 4.47 Å². The molecule has 0 nitrogen and oxygen atoms in total. The third-order valence-corrected chi connectivity index (χ3v) is 7.97. The summed E-state index contributed by atoms with van der Waals surface area (Å²) in [6, 6.07) is 5.51. The average Bonchev–Trinajstić information content (AvgIpc) is 2.39. The van der Waals surface area contributed by atoms with E-state index in [9.17, 15) is 4.39 Å². The lowest BCUT2D eigenvalue weighted by molar-refractivity contribution is -0.0528. The molecule has 0 aromatic heterocycles. The Morgan fingerprint density at radius 3 is 2.10 bits per heavy atom. The van der Waals surface area contributed by atoms with E-state index in [1.165, 1.54) is 44.1 Å². The molecule has 20 heavy (non-hydrogen) atoms. The lowest BCUT2D eigenvalue weighted by Crippen LogP contribution is -2.47. The van der Waals surface area contributed by atoms with Crippen molar-refractivity contribution >= 4 is 31.9 Å².